The number of allylic oxidation sites excluding steroid dienone is 2. The van der Waals surface area contributed by atoms with Gasteiger partial charge in [-0.1, -0.05) is 86.9 Å². The predicted molar refractivity (Wildman–Crippen MR) is 144 cm³/mol. The molecule has 0 amide bonds. The Morgan fingerprint density at radius 2 is 1.53 bits per heavy atom. The predicted octanol–water partition coefficient (Wildman–Crippen LogP) is 9.04. The standard InChI is InChI=1S/C33H37F/c1-3-5-6-7-26-12-14-28(15-13-26)18-20-30-21-22-31-24-29(19-23-32(31)33(30)34)17-16-27-10-8-25(4-2)9-11-27/h3,5,8-11,19,21-24,26,28H,4,6-7,12-15,18,20H2,1-2H3/b5-3+. The van der Waals surface area contributed by atoms with Crippen LogP contribution >= 0.6 is 0 Å². The Kier molecular flexibility index (Phi) is 8.59. The van der Waals surface area contributed by atoms with E-state index in [9.17, 15) is 0 Å². The normalized spacial score (nSPS) is 18.2. The van der Waals surface area contributed by atoms with E-state index >= 15 is 4.39 Å². The lowest BCUT2D eigenvalue weighted by atomic mass is 9.78. The van der Waals surface area contributed by atoms with Crippen LogP contribution in [0, 0.1) is 29.5 Å². The Morgan fingerprint density at radius 1 is 0.853 bits per heavy atom. The second-order valence-electron chi connectivity index (χ2n) is 9.85. The van der Waals surface area contributed by atoms with Crippen molar-refractivity contribution >= 4 is 10.8 Å². The smallest absolute Gasteiger partial charge is 0.134 e. The number of benzene rings is 3. The summed E-state index contributed by atoms with van der Waals surface area (Å²) in [6.45, 7) is 4.25. The first-order chi connectivity index (χ1) is 16.7. The fraction of sp³-hybridized carbons (Fsp3) is 0.394. The number of hydrogen-bond acceptors (Lipinski definition) is 0. The highest BCUT2D eigenvalue weighted by atomic mass is 19.1. The maximum Gasteiger partial charge on any atom is 0.134 e. The number of rotatable bonds is 7. The SMILES string of the molecule is C/C=C/CCC1CCC(CCc2ccc3cc(C#Cc4ccc(CC)cc4)ccc3c2F)CC1. The number of aryl methyl sites for hydroxylation is 2. The van der Waals surface area contributed by atoms with Crippen LogP contribution in [-0.2, 0) is 12.8 Å². The summed E-state index contributed by atoms with van der Waals surface area (Å²) in [5.41, 5.74) is 4.10. The fourth-order valence-electron chi connectivity index (χ4n) is 5.24. The van der Waals surface area contributed by atoms with Crippen LogP contribution in [-0.4, -0.2) is 0 Å². The van der Waals surface area contributed by atoms with Gasteiger partial charge in [0, 0.05) is 16.5 Å². The molecular formula is C33H37F. The summed E-state index contributed by atoms with van der Waals surface area (Å²) < 4.78 is 15.3. The van der Waals surface area contributed by atoms with Crippen LogP contribution in [0.3, 0.4) is 0 Å². The molecule has 1 aliphatic rings. The minimum atomic E-state index is -0.0489. The molecule has 3 aromatic rings. The van der Waals surface area contributed by atoms with Crippen LogP contribution in [0.25, 0.3) is 10.8 Å². The van der Waals surface area contributed by atoms with Crippen molar-refractivity contribution < 1.29 is 4.39 Å². The largest absolute Gasteiger partial charge is 0.206 e. The first kappa shape index (κ1) is 24.3. The summed E-state index contributed by atoms with van der Waals surface area (Å²) in [7, 11) is 0. The van der Waals surface area contributed by atoms with Crippen molar-refractivity contribution in [3.8, 4) is 11.8 Å². The molecule has 176 valence electrons. The van der Waals surface area contributed by atoms with E-state index in [-0.39, 0.29) is 5.82 Å². The average Bonchev–Trinajstić information content (AvgIpc) is 2.88. The molecule has 0 aliphatic heterocycles. The quantitative estimate of drug-likeness (QED) is 0.248. The molecule has 34 heavy (non-hydrogen) atoms. The first-order valence-corrected chi connectivity index (χ1v) is 13.1. The van der Waals surface area contributed by atoms with Crippen LogP contribution in [0.15, 0.2) is 66.7 Å². The minimum Gasteiger partial charge on any atom is -0.206 e. The van der Waals surface area contributed by atoms with Crippen LogP contribution < -0.4 is 0 Å². The lowest BCUT2D eigenvalue weighted by Gasteiger charge is -2.28. The van der Waals surface area contributed by atoms with Crippen LogP contribution in [0.4, 0.5) is 4.39 Å². The van der Waals surface area contributed by atoms with Crippen LogP contribution in [0.2, 0.25) is 0 Å². The van der Waals surface area contributed by atoms with Gasteiger partial charge in [-0.05, 0) is 91.6 Å². The second kappa shape index (κ2) is 12.0. The molecule has 3 aromatic carbocycles. The molecule has 0 heterocycles. The molecule has 4 rings (SSSR count). The maximum absolute atomic E-state index is 15.3. The Morgan fingerprint density at radius 3 is 2.24 bits per heavy atom. The van der Waals surface area contributed by atoms with Gasteiger partial charge < -0.3 is 0 Å². The van der Waals surface area contributed by atoms with Crippen molar-refractivity contribution in [2.24, 2.45) is 11.8 Å². The first-order valence-electron chi connectivity index (χ1n) is 13.1. The van der Waals surface area contributed by atoms with Gasteiger partial charge in [-0.25, -0.2) is 4.39 Å². The molecule has 0 saturated heterocycles. The molecule has 0 N–H and O–H groups in total. The van der Waals surface area contributed by atoms with Crippen molar-refractivity contribution in [3.05, 3.63) is 94.8 Å². The summed E-state index contributed by atoms with van der Waals surface area (Å²) in [6.07, 6.45) is 15.3. The Balaban J connectivity index is 1.36. The molecule has 1 saturated carbocycles. The lowest BCUT2D eigenvalue weighted by molar-refractivity contribution is 0.254. The van der Waals surface area contributed by atoms with E-state index in [0.29, 0.717) is 5.39 Å². The van der Waals surface area contributed by atoms with Gasteiger partial charge >= 0.3 is 0 Å². The van der Waals surface area contributed by atoms with Crippen molar-refractivity contribution in [2.45, 2.75) is 71.6 Å². The van der Waals surface area contributed by atoms with E-state index in [1.54, 1.807) is 0 Å². The third-order valence-corrected chi connectivity index (χ3v) is 7.51. The molecule has 0 atom stereocenters. The topological polar surface area (TPSA) is 0 Å². The van der Waals surface area contributed by atoms with Crippen molar-refractivity contribution in [3.63, 3.8) is 0 Å². The third kappa shape index (κ3) is 6.38. The van der Waals surface area contributed by atoms with E-state index in [2.05, 4.69) is 68.2 Å². The molecule has 0 aromatic heterocycles. The highest BCUT2D eigenvalue weighted by Gasteiger charge is 2.21. The maximum atomic E-state index is 15.3. The van der Waals surface area contributed by atoms with Crippen molar-refractivity contribution in [1.29, 1.82) is 0 Å². The molecule has 0 unspecified atom stereocenters. The molecule has 0 radical (unpaired) electrons. The number of hydrogen-bond donors (Lipinski definition) is 0. The van der Waals surface area contributed by atoms with E-state index in [0.717, 1.165) is 53.2 Å². The van der Waals surface area contributed by atoms with Gasteiger partial charge in [-0.15, -0.1) is 0 Å². The molecular weight excluding hydrogens is 415 g/mol. The summed E-state index contributed by atoms with van der Waals surface area (Å²) in [4.78, 5) is 0. The summed E-state index contributed by atoms with van der Waals surface area (Å²) in [6, 6.07) is 18.3. The van der Waals surface area contributed by atoms with Gasteiger partial charge in [0.05, 0.1) is 0 Å². The Hall–Kier alpha value is -2.85. The fourth-order valence-corrected chi connectivity index (χ4v) is 5.24. The van der Waals surface area contributed by atoms with Crippen molar-refractivity contribution in [2.75, 3.05) is 0 Å². The minimum absolute atomic E-state index is 0.0489. The Bertz CT molecular complexity index is 1160. The van der Waals surface area contributed by atoms with Gasteiger partial charge in [-0.3, -0.25) is 0 Å². The van der Waals surface area contributed by atoms with Crippen molar-refractivity contribution in [1.82, 2.24) is 0 Å². The molecule has 1 heteroatoms. The molecule has 0 nitrogen and oxygen atoms in total. The summed E-state index contributed by atoms with van der Waals surface area (Å²) in [5, 5.41) is 1.64. The van der Waals surface area contributed by atoms with E-state index in [1.807, 2.05) is 24.3 Å². The third-order valence-electron chi connectivity index (χ3n) is 7.51. The zero-order valence-corrected chi connectivity index (χ0v) is 20.7. The van der Waals surface area contributed by atoms with Crippen LogP contribution in [0.5, 0.6) is 0 Å². The highest BCUT2D eigenvalue weighted by molar-refractivity contribution is 5.85. The van der Waals surface area contributed by atoms with E-state index in [4.69, 9.17) is 0 Å². The number of fused-ring (bicyclic) bond motifs is 1. The zero-order chi connectivity index (χ0) is 23.8. The van der Waals surface area contributed by atoms with Gasteiger partial charge in [0.25, 0.3) is 0 Å². The summed E-state index contributed by atoms with van der Waals surface area (Å²) in [5.74, 6) is 8.05. The van der Waals surface area contributed by atoms with Gasteiger partial charge in [0.15, 0.2) is 0 Å². The zero-order valence-electron chi connectivity index (χ0n) is 20.7. The molecule has 0 spiro atoms. The molecule has 0 bridgehead atoms. The van der Waals surface area contributed by atoms with E-state index < -0.39 is 0 Å². The van der Waals surface area contributed by atoms with Gasteiger partial charge in [0.2, 0.25) is 0 Å². The highest BCUT2D eigenvalue weighted by Crippen LogP contribution is 2.34. The van der Waals surface area contributed by atoms with Crippen LogP contribution in [0.1, 0.15) is 81.0 Å². The molecule has 1 fully saturated rings. The van der Waals surface area contributed by atoms with Gasteiger partial charge in [0.1, 0.15) is 5.82 Å². The summed E-state index contributed by atoms with van der Waals surface area (Å²) >= 11 is 0. The van der Waals surface area contributed by atoms with E-state index in [1.165, 1.54) is 44.1 Å². The number of halogens is 1. The Labute approximate surface area is 205 Å². The second-order valence-corrected chi connectivity index (χ2v) is 9.85. The average molecular weight is 453 g/mol. The molecule has 1 aliphatic carbocycles. The monoisotopic (exact) mass is 452 g/mol. The lowest BCUT2D eigenvalue weighted by Crippen LogP contribution is -2.15. The van der Waals surface area contributed by atoms with Gasteiger partial charge in [-0.2, -0.15) is 0 Å².